The van der Waals surface area contributed by atoms with Gasteiger partial charge in [0.2, 0.25) is 0 Å². The number of nitrogens with zero attached hydrogens (tertiary/aromatic N) is 3. The molecule has 2 aromatic rings. The number of carbonyl (C=O) groups is 1. The lowest BCUT2D eigenvalue weighted by atomic mass is 10.4. The monoisotopic (exact) mass is 317 g/mol. The maximum absolute atomic E-state index is 11.9. The normalized spacial score (nSPS) is 10.4. The summed E-state index contributed by atoms with van der Waals surface area (Å²) in [5.74, 6) is -0.0421. The summed E-state index contributed by atoms with van der Waals surface area (Å²) in [7, 11) is 1.77. The lowest BCUT2D eigenvalue weighted by Gasteiger charge is -2.14. The standard InChI is InChI=1S/C9H8BrN3OS2/c1-13(4-7-2-6(10)5-15-7)9(14)8-3-11-12-16-8/h2-3,5H,4H2,1H3. The maximum Gasteiger partial charge on any atom is 0.267 e. The molecule has 0 saturated carbocycles. The topological polar surface area (TPSA) is 46.1 Å². The van der Waals surface area contributed by atoms with Crippen LogP contribution in [0.25, 0.3) is 0 Å². The minimum Gasteiger partial charge on any atom is -0.336 e. The van der Waals surface area contributed by atoms with Crippen molar-refractivity contribution < 1.29 is 4.79 Å². The number of aromatic nitrogens is 2. The Bertz CT molecular complexity index is 483. The molecular weight excluding hydrogens is 310 g/mol. The second kappa shape index (κ2) is 5.03. The summed E-state index contributed by atoms with van der Waals surface area (Å²) in [4.78, 5) is 15.2. The molecule has 16 heavy (non-hydrogen) atoms. The van der Waals surface area contributed by atoms with Gasteiger partial charge in [-0.05, 0) is 33.5 Å². The number of hydrogen-bond acceptors (Lipinski definition) is 5. The minimum absolute atomic E-state index is 0.0421. The van der Waals surface area contributed by atoms with Crippen LogP contribution in [0.5, 0.6) is 0 Å². The highest BCUT2D eigenvalue weighted by Crippen LogP contribution is 2.21. The van der Waals surface area contributed by atoms with E-state index in [0.29, 0.717) is 11.4 Å². The van der Waals surface area contributed by atoms with E-state index in [0.717, 1.165) is 20.9 Å². The van der Waals surface area contributed by atoms with E-state index in [2.05, 4.69) is 25.5 Å². The van der Waals surface area contributed by atoms with Gasteiger partial charge in [-0.3, -0.25) is 4.79 Å². The van der Waals surface area contributed by atoms with E-state index < -0.39 is 0 Å². The molecule has 4 nitrogen and oxygen atoms in total. The third kappa shape index (κ3) is 2.66. The summed E-state index contributed by atoms with van der Waals surface area (Å²) in [6.07, 6.45) is 1.49. The maximum atomic E-state index is 11.9. The predicted octanol–water partition coefficient (Wildman–Crippen LogP) is 2.63. The lowest BCUT2D eigenvalue weighted by Crippen LogP contribution is -2.24. The van der Waals surface area contributed by atoms with Crippen molar-refractivity contribution in [3.05, 3.63) is 31.9 Å². The third-order valence-corrected chi connectivity index (χ3v) is 4.27. The minimum atomic E-state index is -0.0421. The van der Waals surface area contributed by atoms with Gasteiger partial charge in [0.15, 0.2) is 0 Å². The Morgan fingerprint density at radius 2 is 2.44 bits per heavy atom. The second-order valence-electron chi connectivity index (χ2n) is 3.17. The van der Waals surface area contributed by atoms with Crippen molar-refractivity contribution in [1.29, 1.82) is 0 Å². The first-order valence-corrected chi connectivity index (χ1v) is 6.87. The molecule has 2 rings (SSSR count). The van der Waals surface area contributed by atoms with Crippen LogP contribution in [0.3, 0.4) is 0 Å². The molecule has 0 fully saturated rings. The first kappa shape index (κ1) is 11.7. The summed E-state index contributed by atoms with van der Waals surface area (Å²) >= 11 is 6.13. The van der Waals surface area contributed by atoms with Gasteiger partial charge >= 0.3 is 0 Å². The fourth-order valence-electron chi connectivity index (χ4n) is 1.19. The first-order chi connectivity index (χ1) is 7.66. The summed E-state index contributed by atoms with van der Waals surface area (Å²) in [6, 6.07) is 2.01. The molecule has 0 aromatic carbocycles. The van der Waals surface area contributed by atoms with Crippen LogP contribution in [0, 0.1) is 0 Å². The van der Waals surface area contributed by atoms with Gasteiger partial charge in [-0.1, -0.05) is 4.49 Å². The van der Waals surface area contributed by atoms with E-state index in [1.807, 2.05) is 11.4 Å². The van der Waals surface area contributed by atoms with Gasteiger partial charge in [0, 0.05) is 21.8 Å². The molecule has 7 heteroatoms. The van der Waals surface area contributed by atoms with Crippen LogP contribution in [0.4, 0.5) is 0 Å². The highest BCUT2D eigenvalue weighted by molar-refractivity contribution is 9.10. The highest BCUT2D eigenvalue weighted by Gasteiger charge is 2.14. The number of carbonyl (C=O) groups excluding carboxylic acids is 1. The summed E-state index contributed by atoms with van der Waals surface area (Å²) < 4.78 is 4.72. The van der Waals surface area contributed by atoms with Crippen molar-refractivity contribution in [2.24, 2.45) is 0 Å². The van der Waals surface area contributed by atoms with Crippen LogP contribution in [0.15, 0.2) is 22.1 Å². The van der Waals surface area contributed by atoms with Crippen LogP contribution >= 0.6 is 38.8 Å². The average molecular weight is 318 g/mol. The Balaban J connectivity index is 2.03. The Morgan fingerprint density at radius 1 is 1.62 bits per heavy atom. The van der Waals surface area contributed by atoms with E-state index in [1.54, 1.807) is 23.3 Å². The van der Waals surface area contributed by atoms with Crippen molar-refractivity contribution in [1.82, 2.24) is 14.5 Å². The Kier molecular flexibility index (Phi) is 3.67. The van der Waals surface area contributed by atoms with Crippen molar-refractivity contribution in [2.45, 2.75) is 6.54 Å². The zero-order chi connectivity index (χ0) is 11.5. The second-order valence-corrected chi connectivity index (χ2v) is 5.87. The molecule has 0 bridgehead atoms. The zero-order valence-electron chi connectivity index (χ0n) is 8.38. The van der Waals surface area contributed by atoms with Crippen LogP contribution < -0.4 is 0 Å². The molecule has 0 N–H and O–H groups in total. The summed E-state index contributed by atoms with van der Waals surface area (Å²) in [6.45, 7) is 0.604. The smallest absolute Gasteiger partial charge is 0.267 e. The molecule has 0 radical (unpaired) electrons. The number of amides is 1. The van der Waals surface area contributed by atoms with Crippen LogP contribution in [-0.2, 0) is 6.54 Å². The van der Waals surface area contributed by atoms with Gasteiger partial charge in [0.1, 0.15) is 4.88 Å². The molecule has 0 atom stereocenters. The largest absolute Gasteiger partial charge is 0.336 e. The fourth-order valence-corrected chi connectivity index (χ4v) is 3.21. The van der Waals surface area contributed by atoms with Gasteiger partial charge in [0.25, 0.3) is 5.91 Å². The van der Waals surface area contributed by atoms with Gasteiger partial charge in [-0.15, -0.1) is 16.4 Å². The quantitative estimate of drug-likeness (QED) is 0.874. The van der Waals surface area contributed by atoms with Crippen LogP contribution in [-0.4, -0.2) is 27.4 Å². The molecule has 2 aromatic heterocycles. The predicted molar refractivity (Wildman–Crippen MR) is 67.7 cm³/mol. The number of thiophene rings is 1. The van der Waals surface area contributed by atoms with Gasteiger partial charge in [0.05, 0.1) is 12.7 Å². The molecule has 0 unspecified atom stereocenters. The van der Waals surface area contributed by atoms with E-state index >= 15 is 0 Å². The van der Waals surface area contributed by atoms with Gasteiger partial charge in [-0.25, -0.2) is 0 Å². The molecule has 0 aliphatic heterocycles. The van der Waals surface area contributed by atoms with Crippen molar-refractivity contribution in [3.8, 4) is 0 Å². The molecule has 0 aliphatic rings. The summed E-state index contributed by atoms with van der Waals surface area (Å²) in [5.41, 5.74) is 0. The van der Waals surface area contributed by atoms with Gasteiger partial charge in [-0.2, -0.15) is 0 Å². The van der Waals surface area contributed by atoms with Crippen molar-refractivity contribution in [3.63, 3.8) is 0 Å². The average Bonchev–Trinajstić information content (AvgIpc) is 2.88. The van der Waals surface area contributed by atoms with Crippen LogP contribution in [0.2, 0.25) is 0 Å². The highest BCUT2D eigenvalue weighted by atomic mass is 79.9. The van der Waals surface area contributed by atoms with E-state index in [-0.39, 0.29) is 5.91 Å². The molecule has 84 valence electrons. The fraction of sp³-hybridized carbons (Fsp3) is 0.222. The van der Waals surface area contributed by atoms with E-state index in [1.165, 1.54) is 6.20 Å². The zero-order valence-corrected chi connectivity index (χ0v) is 11.6. The first-order valence-electron chi connectivity index (χ1n) is 4.42. The molecule has 0 spiro atoms. The third-order valence-electron chi connectivity index (χ3n) is 1.93. The molecular formula is C9H8BrN3OS2. The SMILES string of the molecule is CN(Cc1cc(Br)cs1)C(=O)c1cnns1. The van der Waals surface area contributed by atoms with E-state index in [4.69, 9.17) is 0 Å². The Labute approximate surface area is 109 Å². The van der Waals surface area contributed by atoms with Crippen molar-refractivity contribution in [2.75, 3.05) is 7.05 Å². The summed E-state index contributed by atoms with van der Waals surface area (Å²) in [5, 5.41) is 5.65. The number of halogens is 1. The van der Waals surface area contributed by atoms with Crippen molar-refractivity contribution >= 4 is 44.7 Å². The molecule has 1 amide bonds. The molecule has 2 heterocycles. The Morgan fingerprint density at radius 3 is 3.00 bits per heavy atom. The molecule has 0 saturated heterocycles. The van der Waals surface area contributed by atoms with E-state index in [9.17, 15) is 4.79 Å². The molecule has 0 aliphatic carbocycles. The number of hydrogen-bond donors (Lipinski definition) is 0. The number of rotatable bonds is 3. The van der Waals surface area contributed by atoms with Crippen LogP contribution in [0.1, 0.15) is 14.5 Å². The lowest BCUT2D eigenvalue weighted by molar-refractivity contribution is 0.0791. The Hall–Kier alpha value is -0.790. The van der Waals surface area contributed by atoms with Gasteiger partial charge < -0.3 is 4.90 Å².